The fraction of sp³-hybridized carbons (Fsp3) is 0.929. The highest BCUT2D eigenvalue weighted by atomic mass is 16.2. The van der Waals surface area contributed by atoms with E-state index in [0.717, 1.165) is 44.8 Å². The molecule has 0 aromatic heterocycles. The molecule has 2 rings (SSSR count). The third kappa shape index (κ3) is 4.21. The first kappa shape index (κ1) is 12.7. The summed E-state index contributed by atoms with van der Waals surface area (Å²) in [5.41, 5.74) is 0. The van der Waals surface area contributed by atoms with Crippen molar-refractivity contribution >= 4 is 6.03 Å². The van der Waals surface area contributed by atoms with Crippen molar-refractivity contribution in [2.24, 2.45) is 5.92 Å². The molecule has 2 amide bonds. The summed E-state index contributed by atoms with van der Waals surface area (Å²) in [6, 6.07) is 0.0381. The Morgan fingerprint density at radius 3 is 2.47 bits per heavy atom. The van der Waals surface area contributed by atoms with Crippen molar-refractivity contribution in [2.45, 2.75) is 57.8 Å². The van der Waals surface area contributed by atoms with E-state index in [1.165, 1.54) is 38.5 Å². The van der Waals surface area contributed by atoms with Gasteiger partial charge in [-0.05, 0) is 38.0 Å². The van der Waals surface area contributed by atoms with Gasteiger partial charge in [0.1, 0.15) is 0 Å². The van der Waals surface area contributed by atoms with Crippen LogP contribution < -0.4 is 5.32 Å². The standard InChI is InChI=1S/C14H25N2O/c17-14(16-11-4-1-5-12-16)15-10-6-9-13-7-2-3-8-13/h13H,1-12H2. The van der Waals surface area contributed by atoms with E-state index >= 15 is 0 Å². The molecule has 0 N–H and O–H groups in total. The number of hydrogen-bond acceptors (Lipinski definition) is 1. The molecule has 97 valence electrons. The monoisotopic (exact) mass is 237 g/mol. The van der Waals surface area contributed by atoms with Crippen molar-refractivity contribution in [1.29, 1.82) is 0 Å². The Balaban J connectivity index is 1.53. The van der Waals surface area contributed by atoms with E-state index in [-0.39, 0.29) is 6.03 Å². The Hall–Kier alpha value is -0.730. The summed E-state index contributed by atoms with van der Waals surface area (Å²) in [6.07, 6.45) is 11.6. The largest absolute Gasteiger partial charge is 0.338 e. The third-order valence-corrected chi connectivity index (χ3v) is 4.12. The first-order valence-corrected chi connectivity index (χ1v) is 7.32. The van der Waals surface area contributed by atoms with Gasteiger partial charge in [0.2, 0.25) is 0 Å². The van der Waals surface area contributed by atoms with Gasteiger partial charge < -0.3 is 4.90 Å². The fourth-order valence-corrected chi connectivity index (χ4v) is 3.04. The Morgan fingerprint density at radius 1 is 1.06 bits per heavy atom. The SMILES string of the molecule is O=C([N]CCCC1CCCC1)N1CCCCC1. The minimum atomic E-state index is 0.0381. The van der Waals surface area contributed by atoms with Crippen molar-refractivity contribution in [3.05, 3.63) is 0 Å². The van der Waals surface area contributed by atoms with Crippen molar-refractivity contribution in [2.75, 3.05) is 19.6 Å². The van der Waals surface area contributed by atoms with Crippen LogP contribution in [-0.2, 0) is 0 Å². The normalized spacial score (nSPS) is 21.8. The summed E-state index contributed by atoms with van der Waals surface area (Å²) in [4.78, 5) is 13.7. The summed E-state index contributed by atoms with van der Waals surface area (Å²) in [6.45, 7) is 2.59. The predicted octanol–water partition coefficient (Wildman–Crippen LogP) is 3.17. The number of amides is 2. The lowest BCUT2D eigenvalue weighted by Crippen LogP contribution is -2.39. The molecule has 1 saturated carbocycles. The number of urea groups is 1. The molecule has 1 saturated heterocycles. The van der Waals surface area contributed by atoms with Gasteiger partial charge in [0, 0.05) is 19.6 Å². The minimum Gasteiger partial charge on any atom is -0.323 e. The molecule has 0 spiro atoms. The molecule has 1 aliphatic carbocycles. The lowest BCUT2D eigenvalue weighted by Gasteiger charge is -2.25. The second kappa shape index (κ2) is 6.87. The number of rotatable bonds is 4. The van der Waals surface area contributed by atoms with Crippen LogP contribution in [0.3, 0.4) is 0 Å². The minimum absolute atomic E-state index is 0.0381. The van der Waals surface area contributed by atoms with Crippen LogP contribution in [0.25, 0.3) is 0 Å². The molecule has 0 aromatic rings. The summed E-state index contributed by atoms with van der Waals surface area (Å²) in [5.74, 6) is 0.926. The molecule has 3 nitrogen and oxygen atoms in total. The number of hydrogen-bond donors (Lipinski definition) is 0. The molecule has 2 fully saturated rings. The Morgan fingerprint density at radius 2 is 1.76 bits per heavy atom. The average Bonchev–Trinajstić information content (AvgIpc) is 2.88. The van der Waals surface area contributed by atoms with Crippen LogP contribution in [0.2, 0.25) is 0 Å². The number of piperidine rings is 1. The van der Waals surface area contributed by atoms with E-state index < -0.39 is 0 Å². The van der Waals surface area contributed by atoms with Gasteiger partial charge in [0.25, 0.3) is 0 Å². The number of nitrogens with zero attached hydrogens (tertiary/aromatic N) is 2. The maximum absolute atomic E-state index is 11.8. The third-order valence-electron chi connectivity index (χ3n) is 4.12. The van der Waals surface area contributed by atoms with Gasteiger partial charge in [-0.3, -0.25) is 0 Å². The molecule has 0 unspecified atom stereocenters. The zero-order valence-electron chi connectivity index (χ0n) is 10.9. The van der Waals surface area contributed by atoms with E-state index in [1.807, 2.05) is 4.90 Å². The number of carbonyl (C=O) groups is 1. The van der Waals surface area contributed by atoms with E-state index in [2.05, 4.69) is 5.32 Å². The highest BCUT2D eigenvalue weighted by molar-refractivity contribution is 5.73. The first-order chi connectivity index (χ1) is 8.36. The van der Waals surface area contributed by atoms with Gasteiger partial charge in [-0.2, -0.15) is 0 Å². The molecular weight excluding hydrogens is 212 g/mol. The molecule has 1 radical (unpaired) electrons. The Bertz CT molecular complexity index is 230. The van der Waals surface area contributed by atoms with Crippen molar-refractivity contribution < 1.29 is 4.79 Å². The van der Waals surface area contributed by atoms with Gasteiger partial charge in [-0.15, -0.1) is 0 Å². The summed E-state index contributed by atoms with van der Waals surface area (Å²) < 4.78 is 0. The van der Waals surface area contributed by atoms with E-state index in [0.29, 0.717) is 0 Å². The molecule has 3 heteroatoms. The van der Waals surface area contributed by atoms with E-state index in [1.54, 1.807) is 0 Å². The summed E-state index contributed by atoms with van der Waals surface area (Å²) >= 11 is 0. The number of likely N-dealkylation sites (tertiary alicyclic amines) is 1. The second-order valence-electron chi connectivity index (χ2n) is 5.50. The molecule has 0 aromatic carbocycles. The molecule has 0 atom stereocenters. The van der Waals surface area contributed by atoms with Crippen LogP contribution in [-0.4, -0.2) is 30.6 Å². The van der Waals surface area contributed by atoms with Gasteiger partial charge in [-0.1, -0.05) is 25.7 Å². The molecule has 2 aliphatic rings. The maximum atomic E-state index is 11.8. The zero-order chi connectivity index (χ0) is 11.9. The van der Waals surface area contributed by atoms with Crippen LogP contribution in [0.1, 0.15) is 57.8 Å². The van der Waals surface area contributed by atoms with Crippen LogP contribution in [0.15, 0.2) is 0 Å². The van der Waals surface area contributed by atoms with Crippen molar-refractivity contribution in [3.8, 4) is 0 Å². The lowest BCUT2D eigenvalue weighted by molar-refractivity contribution is 0.185. The topological polar surface area (TPSA) is 34.4 Å². The van der Waals surface area contributed by atoms with Gasteiger partial charge in [-0.25, -0.2) is 10.1 Å². The molecule has 1 aliphatic heterocycles. The quantitative estimate of drug-likeness (QED) is 0.692. The Kier molecular flexibility index (Phi) is 5.14. The second-order valence-corrected chi connectivity index (χ2v) is 5.50. The number of carbonyl (C=O) groups excluding carboxylic acids is 1. The van der Waals surface area contributed by atoms with Gasteiger partial charge >= 0.3 is 6.03 Å². The van der Waals surface area contributed by atoms with Crippen LogP contribution in [0.5, 0.6) is 0 Å². The molecule has 17 heavy (non-hydrogen) atoms. The van der Waals surface area contributed by atoms with E-state index in [4.69, 9.17) is 0 Å². The van der Waals surface area contributed by atoms with Gasteiger partial charge in [0.05, 0.1) is 0 Å². The predicted molar refractivity (Wildman–Crippen MR) is 69.0 cm³/mol. The maximum Gasteiger partial charge on any atom is 0.338 e. The van der Waals surface area contributed by atoms with E-state index in [9.17, 15) is 4.79 Å². The average molecular weight is 237 g/mol. The highest BCUT2D eigenvalue weighted by Crippen LogP contribution is 2.28. The fourth-order valence-electron chi connectivity index (χ4n) is 3.04. The molecule has 1 heterocycles. The Labute approximate surface area is 105 Å². The molecular formula is C14H25N2O. The van der Waals surface area contributed by atoms with Crippen molar-refractivity contribution in [3.63, 3.8) is 0 Å². The summed E-state index contributed by atoms with van der Waals surface area (Å²) in [5, 5.41) is 4.20. The summed E-state index contributed by atoms with van der Waals surface area (Å²) in [7, 11) is 0. The van der Waals surface area contributed by atoms with Crippen LogP contribution in [0, 0.1) is 5.92 Å². The van der Waals surface area contributed by atoms with Crippen molar-refractivity contribution in [1.82, 2.24) is 10.2 Å². The van der Waals surface area contributed by atoms with Crippen LogP contribution >= 0.6 is 0 Å². The lowest BCUT2D eigenvalue weighted by atomic mass is 10.0. The zero-order valence-corrected chi connectivity index (χ0v) is 10.9. The smallest absolute Gasteiger partial charge is 0.323 e. The highest BCUT2D eigenvalue weighted by Gasteiger charge is 2.18. The first-order valence-electron chi connectivity index (χ1n) is 7.32. The molecule has 0 bridgehead atoms. The van der Waals surface area contributed by atoms with Gasteiger partial charge in [0.15, 0.2) is 0 Å². The van der Waals surface area contributed by atoms with Crippen LogP contribution in [0.4, 0.5) is 4.79 Å².